The van der Waals surface area contributed by atoms with E-state index in [2.05, 4.69) is 10.6 Å². The number of carboxylic acid groups (broad SMARTS) is 1. The van der Waals surface area contributed by atoms with Crippen LogP contribution in [0.4, 0.5) is 5.69 Å². The average molecular weight is 344 g/mol. The summed E-state index contributed by atoms with van der Waals surface area (Å²) in [5.74, 6) is -0.349. The summed E-state index contributed by atoms with van der Waals surface area (Å²) in [6.07, 6.45) is -0.136. The molecule has 0 fully saturated rings. The Morgan fingerprint density at radius 1 is 1.00 bits per heavy atom. The van der Waals surface area contributed by atoms with Crippen LogP contribution in [0.5, 0.6) is 0 Å². The SMILES string of the molecule is Cc1oc(C)c(C(=O)Nc2ccc(C(=O)NCCC(=O)O)cc2)c1C. The van der Waals surface area contributed by atoms with Crippen molar-refractivity contribution in [3.05, 3.63) is 52.5 Å². The Bertz CT molecular complexity index is 806. The summed E-state index contributed by atoms with van der Waals surface area (Å²) in [4.78, 5) is 34.7. The number of nitrogens with one attached hydrogen (secondary N) is 2. The minimum absolute atomic E-state index is 0.0606. The monoisotopic (exact) mass is 344 g/mol. The maximum atomic E-state index is 12.4. The van der Waals surface area contributed by atoms with E-state index in [9.17, 15) is 14.4 Å². The van der Waals surface area contributed by atoms with Gasteiger partial charge in [0.1, 0.15) is 11.5 Å². The number of furan rings is 1. The number of rotatable bonds is 6. The van der Waals surface area contributed by atoms with Gasteiger partial charge in [-0.1, -0.05) is 0 Å². The number of benzene rings is 1. The quantitative estimate of drug-likeness (QED) is 0.746. The molecule has 0 saturated heterocycles. The highest BCUT2D eigenvalue weighted by Crippen LogP contribution is 2.22. The van der Waals surface area contributed by atoms with Crippen LogP contribution in [0.25, 0.3) is 0 Å². The Labute approximate surface area is 145 Å². The fourth-order valence-electron chi connectivity index (χ4n) is 2.41. The van der Waals surface area contributed by atoms with Gasteiger partial charge in [0.15, 0.2) is 0 Å². The van der Waals surface area contributed by atoms with Crippen LogP contribution in [0, 0.1) is 20.8 Å². The molecule has 0 spiro atoms. The van der Waals surface area contributed by atoms with Crippen molar-refractivity contribution >= 4 is 23.5 Å². The molecule has 1 heterocycles. The number of aliphatic carboxylic acids is 1. The largest absolute Gasteiger partial charge is 0.481 e. The number of hydrogen-bond acceptors (Lipinski definition) is 4. The summed E-state index contributed by atoms with van der Waals surface area (Å²) in [6, 6.07) is 6.35. The van der Waals surface area contributed by atoms with E-state index in [1.54, 1.807) is 38.1 Å². The van der Waals surface area contributed by atoms with Crippen molar-refractivity contribution in [2.75, 3.05) is 11.9 Å². The molecule has 0 aliphatic heterocycles. The number of carbonyl (C=O) groups excluding carboxylic acids is 2. The van der Waals surface area contributed by atoms with E-state index < -0.39 is 5.97 Å². The van der Waals surface area contributed by atoms with Crippen molar-refractivity contribution in [3.63, 3.8) is 0 Å². The Kier molecular flexibility index (Phi) is 5.59. The molecule has 1 aromatic carbocycles. The Morgan fingerprint density at radius 3 is 2.16 bits per heavy atom. The van der Waals surface area contributed by atoms with Crippen molar-refractivity contribution in [1.29, 1.82) is 0 Å². The molecule has 0 atom stereocenters. The number of amides is 2. The Morgan fingerprint density at radius 2 is 1.64 bits per heavy atom. The van der Waals surface area contributed by atoms with Gasteiger partial charge in [-0.2, -0.15) is 0 Å². The molecule has 0 saturated carbocycles. The number of hydrogen-bond donors (Lipinski definition) is 3. The lowest BCUT2D eigenvalue weighted by atomic mass is 10.1. The number of aryl methyl sites for hydroxylation is 2. The lowest BCUT2D eigenvalue weighted by molar-refractivity contribution is -0.136. The van der Waals surface area contributed by atoms with Crippen LogP contribution in [0.1, 0.15) is 44.2 Å². The number of carboxylic acids is 1. The smallest absolute Gasteiger partial charge is 0.305 e. The first kappa shape index (κ1) is 18.3. The molecule has 0 aliphatic rings. The highest BCUT2D eigenvalue weighted by Gasteiger charge is 2.18. The lowest BCUT2D eigenvalue weighted by Crippen LogP contribution is -2.25. The maximum absolute atomic E-state index is 12.4. The van der Waals surface area contributed by atoms with Crippen molar-refractivity contribution in [2.24, 2.45) is 0 Å². The molecule has 2 amide bonds. The molecule has 0 unspecified atom stereocenters. The second kappa shape index (κ2) is 7.65. The molecule has 7 nitrogen and oxygen atoms in total. The van der Waals surface area contributed by atoms with E-state index in [4.69, 9.17) is 9.52 Å². The molecule has 132 valence electrons. The highest BCUT2D eigenvalue weighted by atomic mass is 16.4. The molecule has 1 aromatic heterocycles. The fourth-order valence-corrected chi connectivity index (χ4v) is 2.41. The molecule has 7 heteroatoms. The molecule has 0 aliphatic carbocycles. The molecule has 3 N–H and O–H groups in total. The molecule has 2 aromatic rings. The van der Waals surface area contributed by atoms with Crippen molar-refractivity contribution in [3.8, 4) is 0 Å². The van der Waals surface area contributed by atoms with Crippen LogP contribution in [0.2, 0.25) is 0 Å². The highest BCUT2D eigenvalue weighted by molar-refractivity contribution is 6.06. The van der Waals surface area contributed by atoms with Gasteiger partial charge in [-0.15, -0.1) is 0 Å². The summed E-state index contributed by atoms with van der Waals surface area (Å²) >= 11 is 0. The maximum Gasteiger partial charge on any atom is 0.305 e. The normalized spacial score (nSPS) is 10.4. The van der Waals surface area contributed by atoms with Crippen LogP contribution in [0.3, 0.4) is 0 Å². The summed E-state index contributed by atoms with van der Waals surface area (Å²) in [5, 5.41) is 13.8. The van der Waals surface area contributed by atoms with Gasteiger partial charge in [0, 0.05) is 23.4 Å². The van der Waals surface area contributed by atoms with Crippen LogP contribution in [0.15, 0.2) is 28.7 Å². The zero-order chi connectivity index (χ0) is 18.6. The molecular formula is C18H20N2O5. The number of carbonyl (C=O) groups is 3. The summed E-state index contributed by atoms with van der Waals surface area (Å²) in [7, 11) is 0. The predicted molar refractivity (Wildman–Crippen MR) is 91.9 cm³/mol. The molecule has 2 rings (SSSR count). The fraction of sp³-hybridized carbons (Fsp3) is 0.278. The Hall–Kier alpha value is -3.09. The third kappa shape index (κ3) is 4.47. The van der Waals surface area contributed by atoms with Gasteiger partial charge in [0.25, 0.3) is 11.8 Å². The van der Waals surface area contributed by atoms with Gasteiger partial charge in [-0.25, -0.2) is 0 Å². The summed E-state index contributed by atoms with van der Waals surface area (Å²) in [6.45, 7) is 5.42. The van der Waals surface area contributed by atoms with Crippen molar-refractivity contribution < 1.29 is 23.9 Å². The van der Waals surface area contributed by atoms with Crippen LogP contribution >= 0.6 is 0 Å². The van der Waals surface area contributed by atoms with E-state index in [0.717, 1.165) is 5.56 Å². The topological polar surface area (TPSA) is 109 Å². The summed E-state index contributed by atoms with van der Waals surface area (Å²) in [5.41, 5.74) is 2.23. The lowest BCUT2D eigenvalue weighted by Gasteiger charge is -2.07. The predicted octanol–water partition coefficient (Wildman–Crippen LogP) is 2.66. The molecule has 25 heavy (non-hydrogen) atoms. The molecular weight excluding hydrogens is 324 g/mol. The third-order valence-corrected chi connectivity index (χ3v) is 3.82. The minimum atomic E-state index is -0.974. The number of anilines is 1. The molecule has 0 radical (unpaired) electrons. The van der Waals surface area contributed by atoms with E-state index in [1.165, 1.54) is 0 Å². The molecule has 0 bridgehead atoms. The first-order valence-electron chi connectivity index (χ1n) is 7.77. The zero-order valence-electron chi connectivity index (χ0n) is 14.3. The van der Waals surface area contributed by atoms with Crippen LogP contribution in [-0.2, 0) is 4.79 Å². The van der Waals surface area contributed by atoms with Crippen molar-refractivity contribution in [1.82, 2.24) is 5.32 Å². The van der Waals surface area contributed by atoms with Crippen LogP contribution in [-0.4, -0.2) is 29.4 Å². The van der Waals surface area contributed by atoms with Gasteiger partial charge in [-0.3, -0.25) is 14.4 Å². The summed E-state index contributed by atoms with van der Waals surface area (Å²) < 4.78 is 5.45. The Balaban J connectivity index is 2.01. The third-order valence-electron chi connectivity index (χ3n) is 3.82. The van der Waals surface area contributed by atoms with Crippen LogP contribution < -0.4 is 10.6 Å². The van der Waals surface area contributed by atoms with Gasteiger partial charge < -0.3 is 20.2 Å². The van der Waals surface area contributed by atoms with Gasteiger partial charge in [0.2, 0.25) is 0 Å². The van der Waals surface area contributed by atoms with E-state index >= 15 is 0 Å². The minimum Gasteiger partial charge on any atom is -0.481 e. The second-order valence-corrected chi connectivity index (χ2v) is 5.65. The van der Waals surface area contributed by atoms with E-state index in [0.29, 0.717) is 28.3 Å². The van der Waals surface area contributed by atoms with Crippen molar-refractivity contribution in [2.45, 2.75) is 27.2 Å². The second-order valence-electron chi connectivity index (χ2n) is 5.65. The standard InChI is InChI=1S/C18H20N2O5/c1-10-11(2)25-12(3)16(10)18(24)20-14-6-4-13(5-7-14)17(23)19-9-8-15(21)22/h4-7H,8-9H2,1-3H3,(H,19,23)(H,20,24)(H,21,22). The van der Waals surface area contributed by atoms with Gasteiger partial charge in [-0.05, 0) is 45.0 Å². The first-order chi connectivity index (χ1) is 11.8. The van der Waals surface area contributed by atoms with E-state index in [1.807, 2.05) is 6.92 Å². The van der Waals surface area contributed by atoms with E-state index in [-0.39, 0.29) is 24.8 Å². The van der Waals surface area contributed by atoms with Gasteiger partial charge >= 0.3 is 5.97 Å². The average Bonchev–Trinajstić information content (AvgIpc) is 2.80. The van der Waals surface area contributed by atoms with Gasteiger partial charge in [0.05, 0.1) is 12.0 Å². The first-order valence-corrected chi connectivity index (χ1v) is 7.77. The zero-order valence-corrected chi connectivity index (χ0v) is 14.3.